The van der Waals surface area contributed by atoms with Gasteiger partial charge in [0.25, 0.3) is 5.56 Å². The van der Waals surface area contributed by atoms with Gasteiger partial charge in [-0.3, -0.25) is 10.2 Å². The molecule has 0 aliphatic rings. The summed E-state index contributed by atoms with van der Waals surface area (Å²) in [4.78, 5) is 12.5. The van der Waals surface area contributed by atoms with Gasteiger partial charge in [0.2, 0.25) is 0 Å². The second-order valence-electron chi connectivity index (χ2n) is 5.75. The second kappa shape index (κ2) is 8.51. The number of aromatic nitrogens is 2. The van der Waals surface area contributed by atoms with Gasteiger partial charge in [-0.2, -0.15) is 14.9 Å². The molecule has 0 unspecified atom stereocenters. The van der Waals surface area contributed by atoms with Crippen molar-refractivity contribution in [1.29, 1.82) is 0 Å². The number of hydrazone groups is 1. The lowest BCUT2D eigenvalue weighted by molar-refractivity contribution is 0.414. The van der Waals surface area contributed by atoms with Crippen molar-refractivity contribution in [1.82, 2.24) is 9.78 Å². The van der Waals surface area contributed by atoms with Gasteiger partial charge in [0.1, 0.15) is 16.5 Å². The molecule has 3 aromatic rings. The maximum absolute atomic E-state index is 12.5. The largest absolute Gasteiger partial charge is 0.497 e. The van der Waals surface area contributed by atoms with Gasteiger partial charge < -0.3 is 4.74 Å². The third-order valence-corrected chi connectivity index (χ3v) is 4.39. The Morgan fingerprint density at radius 1 is 1.19 bits per heavy atom. The molecule has 0 radical (unpaired) electrons. The zero-order valence-corrected chi connectivity index (χ0v) is 15.8. The summed E-state index contributed by atoms with van der Waals surface area (Å²) >= 11 is 6.19. The van der Waals surface area contributed by atoms with Crippen molar-refractivity contribution in [3.63, 3.8) is 0 Å². The Labute approximate surface area is 162 Å². The molecule has 1 N–H and O–H groups in total. The summed E-state index contributed by atoms with van der Waals surface area (Å²) in [5.41, 5.74) is 5.46. The third-order valence-electron chi connectivity index (χ3n) is 4.02. The fourth-order valence-corrected chi connectivity index (χ4v) is 2.60. The van der Waals surface area contributed by atoms with Crippen molar-refractivity contribution >= 4 is 23.5 Å². The molecule has 0 bridgehead atoms. The molecule has 27 heavy (non-hydrogen) atoms. The number of rotatable bonds is 6. The van der Waals surface area contributed by atoms with E-state index in [1.165, 1.54) is 16.4 Å². The Bertz CT molecular complexity index is 996. The average molecular weight is 383 g/mol. The van der Waals surface area contributed by atoms with Crippen LogP contribution in [0.4, 0.5) is 5.69 Å². The Morgan fingerprint density at radius 3 is 2.52 bits per heavy atom. The minimum atomic E-state index is -0.436. The van der Waals surface area contributed by atoms with Gasteiger partial charge in [0.15, 0.2) is 0 Å². The number of anilines is 1. The quantitative estimate of drug-likeness (QED) is 0.518. The number of ether oxygens (including phenoxy) is 1. The first-order chi connectivity index (χ1) is 13.1. The molecule has 6 nitrogen and oxygen atoms in total. The highest BCUT2D eigenvalue weighted by Gasteiger charge is 2.10. The average Bonchev–Trinajstić information content (AvgIpc) is 2.72. The van der Waals surface area contributed by atoms with E-state index in [2.05, 4.69) is 22.5 Å². The van der Waals surface area contributed by atoms with E-state index in [0.717, 1.165) is 12.0 Å². The maximum Gasteiger partial charge on any atom is 0.292 e. The number of nitrogens with one attached hydrogen (secondary N) is 1. The molecule has 1 heterocycles. The van der Waals surface area contributed by atoms with Crippen molar-refractivity contribution < 1.29 is 4.74 Å². The van der Waals surface area contributed by atoms with E-state index in [0.29, 0.717) is 17.1 Å². The molecular formula is C20H19ClN4O2. The smallest absolute Gasteiger partial charge is 0.292 e. The Hall–Kier alpha value is -3.12. The summed E-state index contributed by atoms with van der Waals surface area (Å²) in [5.74, 6) is 0.692. The zero-order chi connectivity index (χ0) is 19.2. The zero-order valence-electron chi connectivity index (χ0n) is 15.0. The van der Waals surface area contributed by atoms with Crippen molar-refractivity contribution in [3.8, 4) is 11.4 Å². The van der Waals surface area contributed by atoms with Crippen molar-refractivity contribution in [2.24, 2.45) is 5.10 Å². The number of methoxy groups -OCH3 is 1. The highest BCUT2D eigenvalue weighted by atomic mass is 35.5. The summed E-state index contributed by atoms with van der Waals surface area (Å²) < 4.78 is 6.33. The lowest BCUT2D eigenvalue weighted by Gasteiger charge is -2.08. The fraction of sp³-hybridized carbons (Fsp3) is 0.150. The molecule has 0 atom stereocenters. The van der Waals surface area contributed by atoms with Gasteiger partial charge >= 0.3 is 0 Å². The first kappa shape index (κ1) is 18.7. The SMILES string of the molecule is CCc1ccc(/C=N\Nc2cnn(-c3ccc(OC)cc3)c(=O)c2Cl)cc1. The van der Waals surface area contributed by atoms with E-state index < -0.39 is 5.56 Å². The molecule has 7 heteroatoms. The number of nitrogens with zero attached hydrogens (tertiary/aromatic N) is 3. The van der Waals surface area contributed by atoms with Gasteiger partial charge in [-0.1, -0.05) is 42.8 Å². The fourth-order valence-electron chi connectivity index (χ4n) is 2.43. The number of benzene rings is 2. The molecule has 138 valence electrons. The topological polar surface area (TPSA) is 68.5 Å². The van der Waals surface area contributed by atoms with Gasteiger partial charge in [-0.05, 0) is 41.8 Å². The summed E-state index contributed by atoms with van der Waals surface area (Å²) in [6, 6.07) is 15.0. The van der Waals surface area contributed by atoms with Crippen LogP contribution in [0.2, 0.25) is 5.02 Å². The summed E-state index contributed by atoms with van der Waals surface area (Å²) in [5, 5.41) is 8.30. The first-order valence-corrected chi connectivity index (χ1v) is 8.80. The molecule has 0 saturated heterocycles. The summed E-state index contributed by atoms with van der Waals surface area (Å²) in [7, 11) is 1.58. The van der Waals surface area contributed by atoms with Crippen LogP contribution in [0.25, 0.3) is 5.69 Å². The molecule has 2 aromatic carbocycles. The lowest BCUT2D eigenvalue weighted by atomic mass is 10.1. The van der Waals surface area contributed by atoms with Gasteiger partial charge in [-0.15, -0.1) is 0 Å². The Balaban J connectivity index is 1.77. The van der Waals surface area contributed by atoms with Crippen LogP contribution in [0.3, 0.4) is 0 Å². The number of hydrogen-bond donors (Lipinski definition) is 1. The van der Waals surface area contributed by atoms with E-state index in [4.69, 9.17) is 16.3 Å². The molecule has 3 rings (SSSR count). The molecule has 0 saturated carbocycles. The lowest BCUT2D eigenvalue weighted by Crippen LogP contribution is -2.22. The Morgan fingerprint density at radius 2 is 1.89 bits per heavy atom. The van der Waals surface area contributed by atoms with E-state index >= 15 is 0 Å². The minimum absolute atomic E-state index is 0.0132. The monoisotopic (exact) mass is 382 g/mol. The van der Waals surface area contributed by atoms with E-state index in [1.807, 2.05) is 24.3 Å². The second-order valence-corrected chi connectivity index (χ2v) is 6.13. The van der Waals surface area contributed by atoms with Crippen molar-refractivity contribution in [2.45, 2.75) is 13.3 Å². The standard InChI is InChI=1S/C20H19ClN4O2/c1-3-14-4-6-15(7-5-14)12-22-24-18-13-23-25(20(26)19(18)21)16-8-10-17(27-2)11-9-16/h4-13,24H,3H2,1-2H3/b22-12-. The van der Waals surface area contributed by atoms with Crippen LogP contribution in [-0.4, -0.2) is 23.1 Å². The first-order valence-electron chi connectivity index (χ1n) is 8.42. The van der Waals surface area contributed by atoms with Crippen LogP contribution in [-0.2, 0) is 6.42 Å². The molecular weight excluding hydrogens is 364 g/mol. The van der Waals surface area contributed by atoms with Gasteiger partial charge in [0, 0.05) is 0 Å². The minimum Gasteiger partial charge on any atom is -0.497 e. The van der Waals surface area contributed by atoms with Crippen molar-refractivity contribution in [3.05, 3.63) is 81.2 Å². The van der Waals surface area contributed by atoms with Crippen LogP contribution < -0.4 is 15.7 Å². The van der Waals surface area contributed by atoms with E-state index in [1.54, 1.807) is 37.6 Å². The van der Waals surface area contributed by atoms with Crippen molar-refractivity contribution in [2.75, 3.05) is 12.5 Å². The molecule has 0 amide bonds. The molecule has 0 spiro atoms. The number of halogens is 1. The van der Waals surface area contributed by atoms with Crippen LogP contribution in [0.1, 0.15) is 18.1 Å². The molecule has 0 aliphatic heterocycles. The molecule has 0 fully saturated rings. The normalized spacial score (nSPS) is 10.9. The predicted molar refractivity (Wildman–Crippen MR) is 108 cm³/mol. The molecule has 0 aliphatic carbocycles. The highest BCUT2D eigenvalue weighted by molar-refractivity contribution is 6.32. The van der Waals surface area contributed by atoms with Crippen LogP contribution in [0, 0.1) is 0 Å². The summed E-state index contributed by atoms with van der Waals surface area (Å²) in [6.45, 7) is 2.10. The van der Waals surface area contributed by atoms with E-state index in [-0.39, 0.29) is 5.02 Å². The number of hydrogen-bond acceptors (Lipinski definition) is 5. The predicted octanol–water partition coefficient (Wildman–Crippen LogP) is 3.90. The van der Waals surface area contributed by atoms with Crippen LogP contribution in [0.15, 0.2) is 64.6 Å². The third kappa shape index (κ3) is 4.35. The summed E-state index contributed by atoms with van der Waals surface area (Å²) in [6.07, 6.45) is 4.11. The van der Waals surface area contributed by atoms with Gasteiger partial charge in [0.05, 0.1) is 25.2 Å². The molecule has 1 aromatic heterocycles. The van der Waals surface area contributed by atoms with E-state index in [9.17, 15) is 4.79 Å². The van der Waals surface area contributed by atoms with Gasteiger partial charge in [-0.25, -0.2) is 0 Å². The van der Waals surface area contributed by atoms with Crippen LogP contribution in [0.5, 0.6) is 5.75 Å². The number of aryl methyl sites for hydroxylation is 1. The highest BCUT2D eigenvalue weighted by Crippen LogP contribution is 2.18. The van der Waals surface area contributed by atoms with Crippen LogP contribution >= 0.6 is 11.6 Å². The maximum atomic E-state index is 12.5. The Kier molecular flexibility index (Phi) is 5.88.